The van der Waals surface area contributed by atoms with Crippen molar-refractivity contribution in [2.45, 2.75) is 0 Å². The molecule has 0 atom stereocenters. The maximum absolute atomic E-state index is 10.2. The number of aliphatic hydroxyl groups excluding tert-OH is 1. The molecule has 0 aliphatic rings. The zero-order valence-electron chi connectivity index (χ0n) is 5.48. The van der Waals surface area contributed by atoms with E-state index in [0.717, 1.165) is 0 Å². The second kappa shape index (κ2) is 4.30. The fourth-order valence-corrected chi connectivity index (χ4v) is 0.244. The summed E-state index contributed by atoms with van der Waals surface area (Å²) in [6.45, 7) is -0.782. The Kier molecular flexibility index (Phi) is 3.70. The van der Waals surface area contributed by atoms with Gasteiger partial charge in [-0.3, -0.25) is 0 Å². The van der Waals surface area contributed by atoms with Crippen LogP contribution in [0.2, 0.25) is 0 Å². The Balaban J connectivity index is 3.70. The first-order valence-corrected chi connectivity index (χ1v) is 2.48. The Labute approximate surface area is 61.6 Å². The third-order valence-corrected chi connectivity index (χ3v) is 0.631. The van der Waals surface area contributed by atoms with Crippen LogP contribution < -0.4 is 16.9 Å². The lowest BCUT2D eigenvalue weighted by Crippen LogP contribution is -2.43. The lowest BCUT2D eigenvalue weighted by atomic mass is 11.0. The highest BCUT2D eigenvalue weighted by Gasteiger charge is 2.08. The normalized spacial score (nSPS) is 8.82. The van der Waals surface area contributed by atoms with Crippen LogP contribution in [0, 0.1) is 0 Å². The van der Waals surface area contributed by atoms with Crippen LogP contribution in [0.4, 0.5) is 9.59 Å². The quantitative estimate of drug-likeness (QED) is 0.279. The van der Waals surface area contributed by atoms with Crippen LogP contribution in [0.3, 0.4) is 0 Å². The minimum absolute atomic E-state index is 0.296. The number of nitrogens with two attached hydrogens (primary N) is 2. The molecule has 0 bridgehead atoms. The maximum atomic E-state index is 10.2. The minimum Gasteiger partial charge on any atom is -0.374 e. The average molecular weight is 164 g/mol. The first-order chi connectivity index (χ1) is 5.07. The lowest BCUT2D eigenvalue weighted by molar-refractivity contribution is -0.185. The Morgan fingerprint density at radius 3 is 2.36 bits per heavy atom. The summed E-state index contributed by atoms with van der Waals surface area (Å²) in [5, 5.41) is 8.61. The number of carbonyl (C=O) groups excluding carboxylic acids is 2. The Morgan fingerprint density at radius 1 is 1.55 bits per heavy atom. The third kappa shape index (κ3) is 3.95. The summed E-state index contributed by atoms with van der Waals surface area (Å²) in [5.41, 5.74) is 10.8. The molecule has 0 aromatic rings. The van der Waals surface area contributed by atoms with Gasteiger partial charge in [-0.25, -0.2) is 9.59 Å². The summed E-state index contributed by atoms with van der Waals surface area (Å²) < 4.78 is 0. The van der Waals surface area contributed by atoms with Crippen LogP contribution in [0.25, 0.3) is 0 Å². The zero-order chi connectivity index (χ0) is 8.85. The molecule has 8 heteroatoms. The van der Waals surface area contributed by atoms with E-state index in [2.05, 4.69) is 16.4 Å². The second-order valence-electron chi connectivity index (χ2n) is 1.42. The average Bonchev–Trinajstić information content (AvgIpc) is 1.87. The molecule has 0 aliphatic carbocycles. The molecule has 0 rings (SSSR count). The molecule has 0 saturated heterocycles. The van der Waals surface area contributed by atoms with Crippen LogP contribution in [0.5, 0.6) is 0 Å². The number of primary amides is 2. The van der Waals surface area contributed by atoms with Gasteiger partial charge in [-0.15, -0.1) is 4.94 Å². The van der Waals surface area contributed by atoms with E-state index in [1.165, 1.54) is 0 Å². The second-order valence-corrected chi connectivity index (χ2v) is 1.42. The highest BCUT2D eigenvalue weighted by molar-refractivity contribution is 5.72. The summed E-state index contributed by atoms with van der Waals surface area (Å²) in [6.07, 6.45) is 0. The number of carbonyl (C=O) groups is 2. The summed E-state index contributed by atoms with van der Waals surface area (Å²) >= 11 is 0. The molecule has 64 valence electrons. The van der Waals surface area contributed by atoms with Gasteiger partial charge in [-0.1, -0.05) is 0 Å². The van der Waals surface area contributed by atoms with Gasteiger partial charge in [0.15, 0.2) is 0 Å². The van der Waals surface area contributed by atoms with Gasteiger partial charge in [0, 0.05) is 0 Å². The Morgan fingerprint density at radius 2 is 2.09 bits per heavy atom. The van der Waals surface area contributed by atoms with E-state index in [1.807, 2.05) is 0 Å². The van der Waals surface area contributed by atoms with E-state index in [9.17, 15) is 9.59 Å². The van der Waals surface area contributed by atoms with Gasteiger partial charge >= 0.3 is 12.1 Å². The predicted molar refractivity (Wildman–Crippen MR) is 32.3 cm³/mol. The van der Waals surface area contributed by atoms with Crippen molar-refractivity contribution in [3.05, 3.63) is 0 Å². The fraction of sp³-hybridized carbons (Fsp3) is 0.333. The van der Waals surface area contributed by atoms with Gasteiger partial charge < -0.3 is 16.6 Å². The first-order valence-electron chi connectivity index (χ1n) is 2.48. The standard InChI is InChI=1S/C3H8N4O4/c4-2(9)6-11-7(1-8)3(5)10/h8H,1H2,(H2,5,10)(H3,4,6,9). The minimum atomic E-state index is -1.05. The SMILES string of the molecule is NC(=O)NON(CO)C(N)=O. The highest BCUT2D eigenvalue weighted by atomic mass is 16.8. The maximum Gasteiger partial charge on any atom is 0.342 e. The molecule has 0 aliphatic heterocycles. The van der Waals surface area contributed by atoms with E-state index < -0.39 is 18.8 Å². The summed E-state index contributed by atoms with van der Waals surface area (Å²) in [6, 6.07) is -2.06. The molecular weight excluding hydrogens is 156 g/mol. The zero-order valence-corrected chi connectivity index (χ0v) is 5.48. The Bertz CT molecular complexity index is 159. The van der Waals surface area contributed by atoms with Crippen molar-refractivity contribution in [1.82, 2.24) is 10.5 Å². The van der Waals surface area contributed by atoms with Gasteiger partial charge in [0.2, 0.25) is 0 Å². The molecule has 0 radical (unpaired) electrons. The molecular formula is C3H8N4O4. The molecule has 0 aromatic carbocycles. The number of amides is 4. The molecule has 8 nitrogen and oxygen atoms in total. The van der Waals surface area contributed by atoms with Crippen molar-refractivity contribution in [3.8, 4) is 0 Å². The van der Waals surface area contributed by atoms with Gasteiger partial charge in [-0.2, -0.15) is 10.5 Å². The summed E-state index contributed by atoms with van der Waals surface area (Å²) in [7, 11) is 0. The molecule has 4 amide bonds. The van der Waals surface area contributed by atoms with Crippen LogP contribution in [0.1, 0.15) is 0 Å². The van der Waals surface area contributed by atoms with E-state index in [4.69, 9.17) is 5.11 Å². The van der Waals surface area contributed by atoms with Gasteiger partial charge in [0.25, 0.3) is 0 Å². The number of nitrogens with zero attached hydrogens (tertiary/aromatic N) is 1. The largest absolute Gasteiger partial charge is 0.374 e. The molecule has 0 spiro atoms. The van der Waals surface area contributed by atoms with Gasteiger partial charge in [0.05, 0.1) is 0 Å². The number of urea groups is 2. The smallest absolute Gasteiger partial charge is 0.342 e. The topological polar surface area (TPSA) is 131 Å². The van der Waals surface area contributed by atoms with Crippen molar-refractivity contribution < 1.29 is 19.6 Å². The molecule has 0 saturated carbocycles. The highest BCUT2D eigenvalue weighted by Crippen LogP contribution is 1.82. The van der Waals surface area contributed by atoms with E-state index in [0.29, 0.717) is 5.06 Å². The van der Waals surface area contributed by atoms with Crippen LogP contribution in [-0.4, -0.2) is 29.0 Å². The summed E-state index contributed by atoms with van der Waals surface area (Å²) in [5.74, 6) is 0. The number of rotatable bonds is 3. The number of aliphatic hydroxyl groups is 1. The molecule has 0 heterocycles. The van der Waals surface area contributed by atoms with Crippen molar-refractivity contribution in [2.75, 3.05) is 6.73 Å². The van der Waals surface area contributed by atoms with Crippen LogP contribution in [0.15, 0.2) is 0 Å². The van der Waals surface area contributed by atoms with E-state index in [1.54, 1.807) is 5.48 Å². The molecule has 0 unspecified atom stereocenters. The van der Waals surface area contributed by atoms with Gasteiger partial charge in [0.1, 0.15) is 6.73 Å². The van der Waals surface area contributed by atoms with E-state index in [-0.39, 0.29) is 0 Å². The third-order valence-electron chi connectivity index (χ3n) is 0.631. The van der Waals surface area contributed by atoms with Crippen LogP contribution >= 0.6 is 0 Å². The number of nitrogens with one attached hydrogen (secondary N) is 1. The summed E-state index contributed by atoms with van der Waals surface area (Å²) in [4.78, 5) is 24.3. The predicted octanol–water partition coefficient (Wildman–Crippen LogP) is -2.17. The number of hydrogen-bond donors (Lipinski definition) is 4. The van der Waals surface area contributed by atoms with Gasteiger partial charge in [-0.05, 0) is 0 Å². The van der Waals surface area contributed by atoms with Crippen LogP contribution in [-0.2, 0) is 4.94 Å². The molecule has 0 aromatic heterocycles. The fourth-order valence-electron chi connectivity index (χ4n) is 0.244. The van der Waals surface area contributed by atoms with E-state index >= 15 is 0 Å². The van der Waals surface area contributed by atoms with Crippen molar-refractivity contribution in [3.63, 3.8) is 0 Å². The molecule has 11 heavy (non-hydrogen) atoms. The number of hydroxylamine groups is 3. The van der Waals surface area contributed by atoms with Crippen molar-refractivity contribution >= 4 is 12.1 Å². The van der Waals surface area contributed by atoms with Crippen molar-refractivity contribution in [2.24, 2.45) is 11.5 Å². The molecule has 6 N–H and O–H groups in total. The lowest BCUT2D eigenvalue weighted by Gasteiger charge is -2.14. The number of hydrogen-bond acceptors (Lipinski definition) is 4. The monoisotopic (exact) mass is 164 g/mol. The first kappa shape index (κ1) is 9.46. The van der Waals surface area contributed by atoms with Crippen molar-refractivity contribution in [1.29, 1.82) is 0 Å². The molecule has 0 fully saturated rings. The Hall–Kier alpha value is -1.54.